The maximum atomic E-state index is 9.90. The van der Waals surface area contributed by atoms with Gasteiger partial charge >= 0.3 is 0 Å². The van der Waals surface area contributed by atoms with E-state index in [0.29, 0.717) is 17.6 Å². The number of hydrogen-bond acceptors (Lipinski definition) is 4. The molecular formula is C14H28NO4+. The zero-order chi connectivity index (χ0) is 14.4. The predicted molar refractivity (Wildman–Crippen MR) is 71.1 cm³/mol. The van der Waals surface area contributed by atoms with Gasteiger partial charge in [0, 0.05) is 17.4 Å². The van der Waals surface area contributed by atoms with Crippen LogP contribution in [-0.2, 0) is 0 Å². The quantitative estimate of drug-likeness (QED) is 0.523. The molecule has 112 valence electrons. The summed E-state index contributed by atoms with van der Waals surface area (Å²) in [6, 6.07) is 0. The Labute approximate surface area is 115 Å². The first-order valence-corrected chi connectivity index (χ1v) is 7.05. The molecule has 4 N–H and O–H groups in total. The van der Waals surface area contributed by atoms with Gasteiger partial charge in [-0.3, -0.25) is 0 Å². The largest absolute Gasteiger partial charge is 0.396 e. The SMILES string of the molecule is CC1(CO)CC2(CO)CC(CO)(C1)C[N+](C)(CO)C2. The summed E-state index contributed by atoms with van der Waals surface area (Å²) in [5.41, 5.74) is -0.840. The molecule has 0 aromatic rings. The van der Waals surface area contributed by atoms with Gasteiger partial charge < -0.3 is 24.9 Å². The van der Waals surface area contributed by atoms with E-state index in [2.05, 4.69) is 0 Å². The molecule has 0 aromatic heterocycles. The number of piperidine rings is 1. The second-order valence-corrected chi connectivity index (χ2v) is 7.89. The fraction of sp³-hybridized carbons (Fsp3) is 1.00. The van der Waals surface area contributed by atoms with E-state index in [4.69, 9.17) is 0 Å². The van der Waals surface area contributed by atoms with Crippen molar-refractivity contribution >= 4 is 0 Å². The van der Waals surface area contributed by atoms with E-state index in [1.165, 1.54) is 0 Å². The van der Waals surface area contributed by atoms with Crippen LogP contribution in [0.25, 0.3) is 0 Å². The van der Waals surface area contributed by atoms with Gasteiger partial charge in [0.05, 0.1) is 33.4 Å². The minimum atomic E-state index is -0.297. The van der Waals surface area contributed by atoms with E-state index >= 15 is 0 Å². The van der Waals surface area contributed by atoms with Gasteiger partial charge in [-0.1, -0.05) is 6.92 Å². The third-order valence-corrected chi connectivity index (χ3v) is 5.18. The molecule has 2 fully saturated rings. The normalized spacial score (nSPS) is 50.2. The van der Waals surface area contributed by atoms with Gasteiger partial charge in [-0.15, -0.1) is 0 Å². The van der Waals surface area contributed by atoms with E-state index in [-0.39, 0.29) is 42.8 Å². The van der Waals surface area contributed by atoms with Gasteiger partial charge in [-0.25, -0.2) is 0 Å². The molecule has 19 heavy (non-hydrogen) atoms. The Morgan fingerprint density at radius 2 is 1.32 bits per heavy atom. The van der Waals surface area contributed by atoms with Crippen LogP contribution >= 0.6 is 0 Å². The Balaban J connectivity index is 2.40. The van der Waals surface area contributed by atoms with Crippen molar-refractivity contribution in [2.24, 2.45) is 16.2 Å². The molecular weight excluding hydrogens is 246 g/mol. The summed E-state index contributed by atoms with van der Waals surface area (Å²) < 4.78 is 0.475. The van der Waals surface area contributed by atoms with Crippen LogP contribution < -0.4 is 0 Å². The van der Waals surface area contributed by atoms with Gasteiger partial charge in [0.15, 0.2) is 6.73 Å². The molecule has 0 radical (unpaired) electrons. The second kappa shape index (κ2) is 4.67. The first-order chi connectivity index (χ1) is 8.78. The maximum Gasteiger partial charge on any atom is 0.180 e. The maximum absolute atomic E-state index is 9.90. The van der Waals surface area contributed by atoms with Gasteiger partial charge in [0.2, 0.25) is 0 Å². The van der Waals surface area contributed by atoms with E-state index < -0.39 is 0 Å². The lowest BCUT2D eigenvalue weighted by Gasteiger charge is -2.61. The van der Waals surface area contributed by atoms with E-state index in [0.717, 1.165) is 19.3 Å². The zero-order valence-electron chi connectivity index (χ0n) is 12.1. The van der Waals surface area contributed by atoms with Crippen molar-refractivity contribution in [3.63, 3.8) is 0 Å². The average Bonchev–Trinajstić information content (AvgIpc) is 2.37. The smallest absolute Gasteiger partial charge is 0.180 e. The first kappa shape index (κ1) is 15.2. The lowest BCUT2D eigenvalue weighted by molar-refractivity contribution is -0.947. The Morgan fingerprint density at radius 1 is 0.842 bits per heavy atom. The molecule has 2 atom stereocenters. The number of quaternary nitrogens is 1. The summed E-state index contributed by atoms with van der Waals surface area (Å²) >= 11 is 0. The molecule has 1 saturated carbocycles. The molecule has 1 aliphatic carbocycles. The fourth-order valence-corrected chi connectivity index (χ4v) is 5.23. The Kier molecular flexibility index (Phi) is 3.73. The van der Waals surface area contributed by atoms with Crippen LogP contribution in [0.3, 0.4) is 0 Å². The van der Waals surface area contributed by atoms with Crippen LogP contribution in [-0.4, -0.2) is 71.6 Å². The molecule has 2 bridgehead atoms. The number of aliphatic hydroxyl groups excluding tert-OH is 4. The first-order valence-electron chi connectivity index (χ1n) is 7.05. The number of likely N-dealkylation sites (tertiary alicyclic amines) is 1. The molecule has 1 aliphatic heterocycles. The Bertz CT molecular complexity index is 289. The predicted octanol–water partition coefficient (Wildman–Crippen LogP) is -0.464. The van der Waals surface area contributed by atoms with Gasteiger partial charge in [-0.05, 0) is 24.7 Å². The van der Waals surface area contributed by atoms with Crippen LogP contribution in [0.15, 0.2) is 0 Å². The summed E-state index contributed by atoms with van der Waals surface area (Å²) in [6.07, 6.45) is 2.29. The minimum Gasteiger partial charge on any atom is -0.396 e. The van der Waals surface area contributed by atoms with Crippen molar-refractivity contribution < 1.29 is 24.9 Å². The summed E-state index contributed by atoms with van der Waals surface area (Å²) in [6.45, 7) is 3.67. The highest BCUT2D eigenvalue weighted by atomic mass is 16.3. The lowest BCUT2D eigenvalue weighted by Crippen LogP contribution is -2.68. The van der Waals surface area contributed by atoms with Crippen molar-refractivity contribution in [1.29, 1.82) is 0 Å². The highest BCUT2D eigenvalue weighted by Crippen LogP contribution is 2.58. The third kappa shape index (κ3) is 2.54. The van der Waals surface area contributed by atoms with E-state index in [1.807, 2.05) is 14.0 Å². The number of nitrogens with zero attached hydrogens (tertiary/aromatic N) is 1. The standard InChI is InChI=1S/C14H28NO4/c1-12(8-16)3-13(9-17)5-14(4-12,10-18)7-15(2,6-13)11-19/h16-19H,3-11H2,1-2H3/q+1. The highest BCUT2D eigenvalue weighted by molar-refractivity contribution is 5.04. The minimum absolute atomic E-state index is 0.0271. The number of hydrogen-bond donors (Lipinski definition) is 4. The van der Waals surface area contributed by atoms with E-state index in [1.54, 1.807) is 0 Å². The van der Waals surface area contributed by atoms with Gasteiger partial charge in [0.25, 0.3) is 0 Å². The van der Waals surface area contributed by atoms with Crippen LogP contribution in [0.2, 0.25) is 0 Å². The molecule has 2 aliphatic rings. The molecule has 0 spiro atoms. The van der Waals surface area contributed by atoms with Gasteiger partial charge in [0.1, 0.15) is 0 Å². The fourth-order valence-electron chi connectivity index (χ4n) is 5.23. The molecule has 1 saturated heterocycles. The molecule has 5 heteroatoms. The van der Waals surface area contributed by atoms with Crippen LogP contribution in [0.5, 0.6) is 0 Å². The zero-order valence-corrected chi connectivity index (χ0v) is 12.1. The molecule has 2 rings (SSSR count). The topological polar surface area (TPSA) is 80.9 Å². The second-order valence-electron chi connectivity index (χ2n) is 7.89. The number of fused-ring (bicyclic) bond motifs is 2. The molecule has 2 unspecified atom stereocenters. The van der Waals surface area contributed by atoms with Crippen LogP contribution in [0.4, 0.5) is 0 Å². The molecule has 0 amide bonds. The van der Waals surface area contributed by atoms with Crippen LogP contribution in [0, 0.1) is 16.2 Å². The average molecular weight is 274 g/mol. The van der Waals surface area contributed by atoms with Crippen molar-refractivity contribution in [2.75, 3.05) is 46.7 Å². The highest BCUT2D eigenvalue weighted by Gasteiger charge is 2.60. The Morgan fingerprint density at radius 3 is 1.63 bits per heavy atom. The summed E-state index contributed by atoms with van der Waals surface area (Å²) in [7, 11) is 1.98. The molecule has 0 aromatic carbocycles. The summed E-state index contributed by atoms with van der Waals surface area (Å²) in [5.74, 6) is 0. The monoisotopic (exact) mass is 274 g/mol. The van der Waals surface area contributed by atoms with Crippen molar-refractivity contribution in [3.8, 4) is 0 Å². The van der Waals surface area contributed by atoms with Crippen molar-refractivity contribution in [3.05, 3.63) is 0 Å². The van der Waals surface area contributed by atoms with Crippen molar-refractivity contribution in [2.45, 2.75) is 26.2 Å². The Hall–Kier alpha value is -0.200. The van der Waals surface area contributed by atoms with Gasteiger partial charge in [-0.2, -0.15) is 0 Å². The molecule has 5 nitrogen and oxygen atoms in total. The third-order valence-electron chi connectivity index (χ3n) is 5.18. The number of rotatable bonds is 4. The molecule has 1 heterocycles. The lowest BCUT2D eigenvalue weighted by atomic mass is 9.51. The van der Waals surface area contributed by atoms with Crippen LogP contribution in [0.1, 0.15) is 26.2 Å². The van der Waals surface area contributed by atoms with E-state index in [9.17, 15) is 20.4 Å². The number of aliphatic hydroxyl groups is 4. The summed E-state index contributed by atoms with van der Waals surface area (Å²) in [5, 5.41) is 39.2. The van der Waals surface area contributed by atoms with Crippen molar-refractivity contribution in [1.82, 2.24) is 0 Å². The summed E-state index contributed by atoms with van der Waals surface area (Å²) in [4.78, 5) is 0.